The number of nitrogens with zero attached hydrogens (tertiary/aromatic N) is 4. The molecule has 0 saturated carbocycles. The van der Waals surface area contributed by atoms with Crippen molar-refractivity contribution in [1.29, 1.82) is 0 Å². The van der Waals surface area contributed by atoms with E-state index >= 15 is 0 Å². The van der Waals surface area contributed by atoms with Crippen molar-refractivity contribution in [2.24, 2.45) is 0 Å². The molecule has 1 aromatic heterocycles. The molecule has 0 aromatic carbocycles. The lowest BCUT2D eigenvalue weighted by molar-refractivity contribution is -0.155. The topological polar surface area (TPSA) is 60.3 Å². The fourth-order valence-electron chi connectivity index (χ4n) is 2.73. The standard InChI is InChI=1S/C13H22N4O2/c1-12(2,3)16-7-5-13(6-8-16,11(18)19-4)17-9-14-15-10-17/h9-10H,5-8H2,1-4H3. The van der Waals surface area contributed by atoms with Gasteiger partial charge in [-0.15, -0.1) is 10.2 Å². The van der Waals surface area contributed by atoms with Crippen LogP contribution in [0.15, 0.2) is 12.7 Å². The van der Waals surface area contributed by atoms with E-state index in [0.29, 0.717) is 0 Å². The average Bonchev–Trinajstić information content (AvgIpc) is 2.91. The lowest BCUT2D eigenvalue weighted by Gasteiger charge is -2.45. The Kier molecular flexibility index (Phi) is 3.62. The molecule has 0 spiro atoms. The highest BCUT2D eigenvalue weighted by atomic mass is 16.5. The highest BCUT2D eigenvalue weighted by molar-refractivity contribution is 5.79. The number of aromatic nitrogens is 3. The summed E-state index contributed by atoms with van der Waals surface area (Å²) in [6.07, 6.45) is 4.64. The van der Waals surface area contributed by atoms with E-state index in [9.17, 15) is 4.79 Å². The number of likely N-dealkylation sites (tertiary alicyclic amines) is 1. The van der Waals surface area contributed by atoms with Gasteiger partial charge < -0.3 is 9.30 Å². The number of methoxy groups -OCH3 is 1. The van der Waals surface area contributed by atoms with E-state index in [1.807, 2.05) is 0 Å². The summed E-state index contributed by atoms with van der Waals surface area (Å²) >= 11 is 0. The summed E-state index contributed by atoms with van der Waals surface area (Å²) in [7, 11) is 1.44. The lowest BCUT2D eigenvalue weighted by atomic mass is 9.85. The molecular formula is C13H22N4O2. The van der Waals surface area contributed by atoms with E-state index in [0.717, 1.165) is 25.9 Å². The summed E-state index contributed by atoms with van der Waals surface area (Å²) in [5, 5.41) is 7.64. The van der Waals surface area contributed by atoms with E-state index in [1.54, 1.807) is 17.2 Å². The second kappa shape index (κ2) is 4.92. The molecule has 0 unspecified atom stereocenters. The first kappa shape index (κ1) is 14.0. The number of piperidine rings is 1. The van der Waals surface area contributed by atoms with Gasteiger partial charge in [-0.3, -0.25) is 4.90 Å². The molecule has 1 saturated heterocycles. The molecule has 1 aromatic rings. The molecule has 1 aliphatic heterocycles. The van der Waals surface area contributed by atoms with Gasteiger partial charge in [-0.05, 0) is 33.6 Å². The third kappa shape index (κ3) is 2.49. The minimum Gasteiger partial charge on any atom is -0.467 e. The van der Waals surface area contributed by atoms with Gasteiger partial charge in [0.15, 0.2) is 0 Å². The number of carbonyl (C=O) groups is 1. The molecule has 0 N–H and O–H groups in total. The predicted octanol–water partition coefficient (Wildman–Crippen LogP) is 1.04. The van der Waals surface area contributed by atoms with Crippen molar-refractivity contribution in [3.05, 3.63) is 12.7 Å². The van der Waals surface area contributed by atoms with Crippen molar-refractivity contribution in [1.82, 2.24) is 19.7 Å². The predicted molar refractivity (Wildman–Crippen MR) is 70.6 cm³/mol. The van der Waals surface area contributed by atoms with E-state index in [4.69, 9.17) is 4.74 Å². The first-order valence-electron chi connectivity index (χ1n) is 6.59. The smallest absolute Gasteiger partial charge is 0.332 e. The van der Waals surface area contributed by atoms with Crippen molar-refractivity contribution < 1.29 is 9.53 Å². The number of hydrogen-bond acceptors (Lipinski definition) is 5. The molecule has 6 heteroatoms. The van der Waals surface area contributed by atoms with E-state index in [-0.39, 0.29) is 11.5 Å². The zero-order valence-electron chi connectivity index (χ0n) is 12.1. The molecule has 106 valence electrons. The van der Waals surface area contributed by atoms with Gasteiger partial charge >= 0.3 is 5.97 Å². The van der Waals surface area contributed by atoms with Crippen LogP contribution in [0.5, 0.6) is 0 Å². The van der Waals surface area contributed by atoms with Crippen LogP contribution in [0.3, 0.4) is 0 Å². The third-order valence-corrected chi connectivity index (χ3v) is 4.02. The maximum atomic E-state index is 12.2. The molecule has 1 fully saturated rings. The van der Waals surface area contributed by atoms with Gasteiger partial charge in [0.2, 0.25) is 0 Å². The van der Waals surface area contributed by atoms with Crippen LogP contribution < -0.4 is 0 Å². The Morgan fingerprint density at radius 3 is 2.16 bits per heavy atom. The molecule has 0 radical (unpaired) electrons. The summed E-state index contributed by atoms with van der Waals surface area (Å²) < 4.78 is 6.79. The zero-order chi connectivity index (χ0) is 14.1. The summed E-state index contributed by atoms with van der Waals surface area (Å²) in [5.41, 5.74) is -0.532. The van der Waals surface area contributed by atoms with Gasteiger partial charge in [0, 0.05) is 18.6 Å². The van der Waals surface area contributed by atoms with Crippen molar-refractivity contribution >= 4 is 5.97 Å². The van der Waals surface area contributed by atoms with Crippen molar-refractivity contribution in [2.45, 2.75) is 44.7 Å². The quantitative estimate of drug-likeness (QED) is 0.749. The van der Waals surface area contributed by atoms with Gasteiger partial charge in [0.1, 0.15) is 18.2 Å². The Balaban J connectivity index is 2.23. The summed E-state index contributed by atoms with van der Waals surface area (Å²) in [5.74, 6) is -0.208. The van der Waals surface area contributed by atoms with Crippen LogP contribution in [-0.4, -0.2) is 51.4 Å². The molecule has 0 amide bonds. The molecule has 0 atom stereocenters. The normalized spacial score (nSPS) is 20.2. The maximum Gasteiger partial charge on any atom is 0.332 e. The van der Waals surface area contributed by atoms with Crippen LogP contribution in [0, 0.1) is 0 Å². The van der Waals surface area contributed by atoms with E-state index < -0.39 is 5.54 Å². The third-order valence-electron chi connectivity index (χ3n) is 4.02. The van der Waals surface area contributed by atoms with Crippen LogP contribution in [0.25, 0.3) is 0 Å². The lowest BCUT2D eigenvalue weighted by Crippen LogP contribution is -2.55. The van der Waals surface area contributed by atoms with Crippen LogP contribution >= 0.6 is 0 Å². The fraction of sp³-hybridized carbons (Fsp3) is 0.769. The number of carbonyl (C=O) groups excluding carboxylic acids is 1. The van der Waals surface area contributed by atoms with Crippen LogP contribution in [0.4, 0.5) is 0 Å². The first-order chi connectivity index (χ1) is 8.90. The van der Waals surface area contributed by atoms with Crippen molar-refractivity contribution in [2.75, 3.05) is 20.2 Å². The largest absolute Gasteiger partial charge is 0.467 e. The average molecular weight is 266 g/mol. The highest BCUT2D eigenvalue weighted by Crippen LogP contribution is 2.33. The molecule has 2 rings (SSSR count). The fourth-order valence-corrected chi connectivity index (χ4v) is 2.73. The van der Waals surface area contributed by atoms with Crippen LogP contribution in [-0.2, 0) is 15.1 Å². The van der Waals surface area contributed by atoms with Gasteiger partial charge in [-0.2, -0.15) is 0 Å². The molecule has 1 aliphatic rings. The summed E-state index contributed by atoms with van der Waals surface area (Å²) in [4.78, 5) is 14.6. The minimum absolute atomic E-state index is 0.121. The summed E-state index contributed by atoms with van der Waals surface area (Å²) in [6, 6.07) is 0. The number of hydrogen-bond donors (Lipinski definition) is 0. The van der Waals surface area contributed by atoms with Gasteiger partial charge in [-0.1, -0.05) is 0 Å². The SMILES string of the molecule is COC(=O)C1(n2cnnc2)CCN(C(C)(C)C)CC1. The highest BCUT2D eigenvalue weighted by Gasteiger charge is 2.45. The zero-order valence-corrected chi connectivity index (χ0v) is 12.1. The maximum absolute atomic E-state index is 12.2. The monoisotopic (exact) mass is 266 g/mol. The molecule has 0 aliphatic carbocycles. The van der Waals surface area contributed by atoms with Crippen molar-refractivity contribution in [3.8, 4) is 0 Å². The number of rotatable bonds is 2. The Morgan fingerprint density at radius 2 is 1.74 bits per heavy atom. The van der Waals surface area contributed by atoms with Gasteiger partial charge in [0.05, 0.1) is 7.11 Å². The molecule has 0 bridgehead atoms. The van der Waals surface area contributed by atoms with Gasteiger partial charge in [0.25, 0.3) is 0 Å². The second-order valence-corrected chi connectivity index (χ2v) is 6.05. The van der Waals surface area contributed by atoms with E-state index in [1.165, 1.54) is 7.11 Å². The second-order valence-electron chi connectivity index (χ2n) is 6.05. The van der Waals surface area contributed by atoms with Crippen LogP contribution in [0.1, 0.15) is 33.6 Å². The molecule has 6 nitrogen and oxygen atoms in total. The van der Waals surface area contributed by atoms with Crippen LogP contribution in [0.2, 0.25) is 0 Å². The molecular weight excluding hydrogens is 244 g/mol. The Hall–Kier alpha value is -1.43. The molecule has 2 heterocycles. The number of ether oxygens (including phenoxy) is 1. The Labute approximate surface area is 113 Å². The van der Waals surface area contributed by atoms with Crippen molar-refractivity contribution in [3.63, 3.8) is 0 Å². The minimum atomic E-state index is -0.653. The Morgan fingerprint density at radius 1 is 1.21 bits per heavy atom. The van der Waals surface area contributed by atoms with Gasteiger partial charge in [-0.25, -0.2) is 4.79 Å². The van der Waals surface area contributed by atoms with E-state index in [2.05, 4.69) is 35.9 Å². The first-order valence-corrected chi connectivity index (χ1v) is 6.59. The summed E-state index contributed by atoms with van der Waals surface area (Å²) in [6.45, 7) is 8.29. The number of esters is 1. The molecule has 19 heavy (non-hydrogen) atoms. The Bertz CT molecular complexity index is 428.